The second-order valence-electron chi connectivity index (χ2n) is 4.43. The van der Waals surface area contributed by atoms with Gasteiger partial charge in [-0.2, -0.15) is 5.10 Å². The zero-order chi connectivity index (χ0) is 11.4. The average Bonchev–Trinajstić information content (AvgIpc) is 2.68. The van der Waals surface area contributed by atoms with Crippen LogP contribution in [0.2, 0.25) is 0 Å². The Labute approximate surface area is 96.1 Å². The Hall–Kier alpha value is -0.940. The molecule has 1 atom stereocenters. The monoisotopic (exact) mass is 224 g/mol. The first-order chi connectivity index (χ1) is 7.81. The summed E-state index contributed by atoms with van der Waals surface area (Å²) in [6.07, 6.45) is 6.19. The molecule has 1 aromatic rings. The normalized spacial score (nSPS) is 22.5. The maximum atomic E-state index is 9.06. The van der Waals surface area contributed by atoms with Gasteiger partial charge in [-0.15, -0.1) is 0 Å². The molecule has 1 unspecified atom stereocenters. The van der Waals surface area contributed by atoms with E-state index >= 15 is 0 Å². The Morgan fingerprint density at radius 3 is 3.06 bits per heavy atom. The Morgan fingerprint density at radius 2 is 2.38 bits per heavy atom. The highest BCUT2D eigenvalue weighted by atomic mass is 16.3. The van der Waals surface area contributed by atoms with Gasteiger partial charge in [0.15, 0.2) is 0 Å². The largest absolute Gasteiger partial charge is 0.396 e. The fourth-order valence-electron chi connectivity index (χ4n) is 2.39. The Bertz CT molecular complexity index is 324. The molecule has 1 fully saturated rings. The first kappa shape index (κ1) is 11.5. The molecule has 5 nitrogen and oxygen atoms in total. The minimum Gasteiger partial charge on any atom is -0.396 e. The molecule has 0 radical (unpaired) electrons. The van der Waals surface area contributed by atoms with Gasteiger partial charge in [0, 0.05) is 19.7 Å². The van der Waals surface area contributed by atoms with Crippen LogP contribution in [0.1, 0.15) is 31.5 Å². The topological polar surface area (TPSA) is 54.2 Å². The van der Waals surface area contributed by atoms with Gasteiger partial charge in [0.1, 0.15) is 12.2 Å². The third-order valence-electron chi connectivity index (χ3n) is 3.36. The van der Waals surface area contributed by atoms with Gasteiger partial charge in [0.2, 0.25) is 0 Å². The molecule has 0 bridgehead atoms. The van der Waals surface area contributed by atoms with Gasteiger partial charge < -0.3 is 5.11 Å². The maximum absolute atomic E-state index is 9.06. The number of piperidine rings is 1. The summed E-state index contributed by atoms with van der Waals surface area (Å²) in [5.74, 6) is 1.00. The van der Waals surface area contributed by atoms with Crippen LogP contribution in [0, 0.1) is 0 Å². The summed E-state index contributed by atoms with van der Waals surface area (Å²) < 4.78 is 1.82. The highest BCUT2D eigenvalue weighted by Gasteiger charge is 2.22. The van der Waals surface area contributed by atoms with Crippen molar-refractivity contribution in [2.24, 2.45) is 7.05 Å². The predicted molar refractivity (Wildman–Crippen MR) is 60.8 cm³/mol. The summed E-state index contributed by atoms with van der Waals surface area (Å²) in [4.78, 5) is 6.67. The molecule has 16 heavy (non-hydrogen) atoms. The molecule has 0 amide bonds. The van der Waals surface area contributed by atoms with Gasteiger partial charge in [-0.3, -0.25) is 9.58 Å². The molecule has 2 rings (SSSR count). The van der Waals surface area contributed by atoms with Gasteiger partial charge in [-0.25, -0.2) is 4.98 Å². The number of hydrogen-bond acceptors (Lipinski definition) is 4. The first-order valence-corrected chi connectivity index (χ1v) is 5.99. The molecule has 1 aliphatic rings. The molecule has 1 saturated heterocycles. The van der Waals surface area contributed by atoms with Crippen LogP contribution in [0.4, 0.5) is 0 Å². The van der Waals surface area contributed by atoms with Crippen molar-refractivity contribution in [3.8, 4) is 0 Å². The zero-order valence-corrected chi connectivity index (χ0v) is 9.84. The van der Waals surface area contributed by atoms with Crippen LogP contribution in [-0.2, 0) is 13.6 Å². The van der Waals surface area contributed by atoms with E-state index in [9.17, 15) is 0 Å². The molecule has 1 aliphatic heterocycles. The summed E-state index contributed by atoms with van der Waals surface area (Å²) >= 11 is 0. The molecule has 2 heterocycles. The summed E-state index contributed by atoms with van der Waals surface area (Å²) in [7, 11) is 1.92. The standard InChI is InChI=1S/C11H20N4O/c1-14-11(12-9-13-14)8-15-6-3-2-4-10(15)5-7-16/h9-10,16H,2-8H2,1H3. The van der Waals surface area contributed by atoms with Crippen LogP contribution < -0.4 is 0 Å². The molecule has 0 spiro atoms. The Balaban J connectivity index is 1.98. The molecule has 1 aromatic heterocycles. The van der Waals surface area contributed by atoms with Crippen molar-refractivity contribution in [3.05, 3.63) is 12.2 Å². The molecule has 1 N–H and O–H groups in total. The van der Waals surface area contributed by atoms with Crippen molar-refractivity contribution in [3.63, 3.8) is 0 Å². The van der Waals surface area contributed by atoms with Crippen molar-refractivity contribution < 1.29 is 5.11 Å². The van der Waals surface area contributed by atoms with Crippen molar-refractivity contribution in [1.82, 2.24) is 19.7 Å². The first-order valence-electron chi connectivity index (χ1n) is 5.99. The van der Waals surface area contributed by atoms with Gasteiger partial charge in [-0.05, 0) is 25.8 Å². The van der Waals surface area contributed by atoms with Crippen LogP contribution in [-0.4, -0.2) is 44.0 Å². The number of likely N-dealkylation sites (tertiary alicyclic amines) is 1. The third kappa shape index (κ3) is 2.59. The molecule has 0 saturated carbocycles. The lowest BCUT2D eigenvalue weighted by molar-refractivity contribution is 0.108. The molecular weight excluding hydrogens is 204 g/mol. The third-order valence-corrected chi connectivity index (χ3v) is 3.36. The number of aryl methyl sites for hydroxylation is 1. The quantitative estimate of drug-likeness (QED) is 0.811. The predicted octanol–water partition coefficient (Wildman–Crippen LogP) is 0.552. The van der Waals surface area contributed by atoms with Crippen LogP contribution in [0.5, 0.6) is 0 Å². The molecular formula is C11H20N4O. The number of hydrogen-bond donors (Lipinski definition) is 1. The van der Waals surface area contributed by atoms with Crippen molar-refractivity contribution >= 4 is 0 Å². The van der Waals surface area contributed by atoms with E-state index in [0.717, 1.165) is 25.3 Å². The Kier molecular flexibility index (Phi) is 3.90. The second-order valence-corrected chi connectivity index (χ2v) is 4.43. The smallest absolute Gasteiger partial charge is 0.140 e. The Morgan fingerprint density at radius 1 is 1.50 bits per heavy atom. The number of nitrogens with zero attached hydrogens (tertiary/aromatic N) is 4. The van der Waals surface area contributed by atoms with E-state index in [1.54, 1.807) is 6.33 Å². The fraction of sp³-hybridized carbons (Fsp3) is 0.818. The van der Waals surface area contributed by atoms with E-state index in [4.69, 9.17) is 5.11 Å². The van der Waals surface area contributed by atoms with Gasteiger partial charge in [0.05, 0.1) is 6.54 Å². The van der Waals surface area contributed by atoms with Gasteiger partial charge in [0.25, 0.3) is 0 Å². The van der Waals surface area contributed by atoms with E-state index in [1.807, 2.05) is 11.7 Å². The lowest BCUT2D eigenvalue weighted by Gasteiger charge is -2.34. The minimum absolute atomic E-state index is 0.278. The zero-order valence-electron chi connectivity index (χ0n) is 9.84. The minimum atomic E-state index is 0.278. The second kappa shape index (κ2) is 5.41. The van der Waals surface area contributed by atoms with E-state index in [1.165, 1.54) is 19.3 Å². The molecule has 90 valence electrons. The summed E-state index contributed by atoms with van der Waals surface area (Å²) in [6, 6.07) is 0.510. The van der Waals surface area contributed by atoms with E-state index in [2.05, 4.69) is 15.0 Å². The highest BCUT2D eigenvalue weighted by Crippen LogP contribution is 2.20. The number of aliphatic hydroxyl groups is 1. The van der Waals surface area contributed by atoms with E-state index in [-0.39, 0.29) is 6.61 Å². The van der Waals surface area contributed by atoms with Gasteiger partial charge in [-0.1, -0.05) is 6.42 Å². The van der Waals surface area contributed by atoms with Crippen molar-refractivity contribution in [2.75, 3.05) is 13.2 Å². The maximum Gasteiger partial charge on any atom is 0.140 e. The van der Waals surface area contributed by atoms with Crippen LogP contribution >= 0.6 is 0 Å². The summed E-state index contributed by atoms with van der Waals surface area (Å²) in [5.41, 5.74) is 0. The van der Waals surface area contributed by atoms with Crippen LogP contribution in [0.25, 0.3) is 0 Å². The fourth-order valence-corrected chi connectivity index (χ4v) is 2.39. The van der Waals surface area contributed by atoms with Crippen LogP contribution in [0.15, 0.2) is 6.33 Å². The highest BCUT2D eigenvalue weighted by molar-refractivity contribution is 4.87. The molecule has 0 aliphatic carbocycles. The van der Waals surface area contributed by atoms with Crippen LogP contribution in [0.3, 0.4) is 0 Å². The van der Waals surface area contributed by atoms with E-state index < -0.39 is 0 Å². The summed E-state index contributed by atoms with van der Waals surface area (Å²) in [6.45, 7) is 2.23. The van der Waals surface area contributed by atoms with Gasteiger partial charge >= 0.3 is 0 Å². The summed E-state index contributed by atoms with van der Waals surface area (Å²) in [5, 5.41) is 13.1. The van der Waals surface area contributed by atoms with Crippen molar-refractivity contribution in [2.45, 2.75) is 38.3 Å². The average molecular weight is 224 g/mol. The number of aliphatic hydroxyl groups excluding tert-OH is 1. The lowest BCUT2D eigenvalue weighted by atomic mass is 10.00. The SMILES string of the molecule is Cn1ncnc1CN1CCCCC1CCO. The van der Waals surface area contributed by atoms with Crippen molar-refractivity contribution in [1.29, 1.82) is 0 Å². The molecule has 5 heteroatoms. The number of rotatable bonds is 4. The number of aromatic nitrogens is 3. The van der Waals surface area contributed by atoms with E-state index in [0.29, 0.717) is 6.04 Å². The lowest BCUT2D eigenvalue weighted by Crippen LogP contribution is -2.40. The molecule has 0 aromatic carbocycles.